The van der Waals surface area contributed by atoms with Crippen LogP contribution in [-0.2, 0) is 47.4 Å². The molecule has 0 unspecified atom stereocenters. The van der Waals surface area contributed by atoms with Crippen molar-refractivity contribution in [2.45, 2.75) is 90.7 Å². The molecule has 0 bridgehead atoms. The van der Waals surface area contributed by atoms with Gasteiger partial charge in [0.15, 0.2) is 11.6 Å². The SMILES string of the molecule is C=CCOC[C@H](COS(=O)(=O)Cc1ccccc1)Oc1c(Cl)c(C)c(-n2c(-c3ccc(F)cc3)cc3ncnc(O[C@H](Cc4cc(O[Si](C)(C)C(C)(C)C)ccc4OCc4ccnc(-c5ccccc5OC)n4)C(=O)OCC)c32)c(C)c1Cl. The van der Waals surface area contributed by atoms with Crippen LogP contribution >= 0.6 is 23.2 Å². The van der Waals surface area contributed by atoms with Crippen molar-refractivity contribution in [2.24, 2.45) is 0 Å². The maximum atomic E-state index is 14.7. The number of halogens is 3. The fourth-order valence-corrected chi connectivity index (χ4v) is 11.4. The molecule has 0 aliphatic rings. The lowest BCUT2D eigenvalue weighted by molar-refractivity contribution is -0.151. The van der Waals surface area contributed by atoms with Gasteiger partial charge in [0, 0.05) is 18.2 Å². The Morgan fingerprint density at radius 3 is 2.27 bits per heavy atom. The number of carbonyl (C=O) groups is 1. The highest BCUT2D eigenvalue weighted by molar-refractivity contribution is 7.85. The Bertz CT molecular complexity index is 3690. The molecule has 21 heteroatoms. The van der Waals surface area contributed by atoms with Crippen molar-refractivity contribution in [3.63, 3.8) is 0 Å². The summed E-state index contributed by atoms with van der Waals surface area (Å²) in [6.07, 6.45) is 2.05. The highest BCUT2D eigenvalue weighted by Crippen LogP contribution is 2.46. The average Bonchev–Trinajstić information content (AvgIpc) is 2.28. The number of ether oxygens (including phenoxy) is 6. The fourth-order valence-electron chi connectivity index (χ4n) is 8.78. The summed E-state index contributed by atoms with van der Waals surface area (Å²) in [6, 6.07) is 31.0. The van der Waals surface area contributed by atoms with Gasteiger partial charge >= 0.3 is 5.97 Å². The minimum absolute atomic E-state index is 0.0259. The number of aromatic nitrogens is 5. The molecule has 0 amide bonds. The van der Waals surface area contributed by atoms with Gasteiger partial charge in [0.25, 0.3) is 10.1 Å². The summed E-state index contributed by atoms with van der Waals surface area (Å²) in [6.45, 7) is 19.3. The smallest absolute Gasteiger partial charge is 0.347 e. The summed E-state index contributed by atoms with van der Waals surface area (Å²) in [5.74, 6) is 0.552. The number of fused-ring (bicyclic) bond motifs is 1. The first-order valence-electron chi connectivity index (χ1n) is 26.7. The lowest BCUT2D eigenvalue weighted by atomic mass is 10.1. The first kappa shape index (κ1) is 61.7. The molecular weight excluding hydrogens is 1140 g/mol. The van der Waals surface area contributed by atoms with E-state index in [1.54, 1.807) is 105 Å². The molecule has 0 aliphatic carbocycles. The van der Waals surface area contributed by atoms with E-state index in [4.69, 9.17) is 65.2 Å². The van der Waals surface area contributed by atoms with Gasteiger partial charge in [-0.15, -0.1) is 6.58 Å². The van der Waals surface area contributed by atoms with Crippen LogP contribution in [-0.4, -0.2) is 93.0 Å². The summed E-state index contributed by atoms with van der Waals surface area (Å²) in [5, 5.41) is -0.00939. The molecule has 2 atom stereocenters. The van der Waals surface area contributed by atoms with E-state index in [9.17, 15) is 17.6 Å². The maximum Gasteiger partial charge on any atom is 0.347 e. The topological polar surface area (TPSA) is 182 Å². The molecular formula is C62H66Cl2FN5O11SSi. The van der Waals surface area contributed by atoms with Crippen LogP contribution in [0.4, 0.5) is 4.39 Å². The van der Waals surface area contributed by atoms with Crippen molar-refractivity contribution < 1.29 is 54.6 Å². The van der Waals surface area contributed by atoms with E-state index < -0.39 is 49.0 Å². The summed E-state index contributed by atoms with van der Waals surface area (Å²) >= 11 is 14.6. The molecule has 0 saturated heterocycles. The molecule has 0 aliphatic heterocycles. The van der Waals surface area contributed by atoms with Crippen molar-refractivity contribution in [1.29, 1.82) is 0 Å². The van der Waals surface area contributed by atoms with E-state index in [2.05, 4.69) is 55.4 Å². The van der Waals surface area contributed by atoms with Gasteiger partial charge in [-0.3, -0.25) is 4.18 Å². The number of hydrogen-bond donors (Lipinski definition) is 0. The van der Waals surface area contributed by atoms with Gasteiger partial charge < -0.3 is 37.4 Å². The average molecular weight is 1210 g/mol. The molecule has 3 heterocycles. The molecule has 0 spiro atoms. The van der Waals surface area contributed by atoms with Gasteiger partial charge in [0.2, 0.25) is 20.3 Å². The minimum atomic E-state index is -4.08. The molecule has 0 N–H and O–H groups in total. The maximum absolute atomic E-state index is 14.7. The quantitative estimate of drug-likeness (QED) is 0.0164. The molecule has 8 aromatic rings. The van der Waals surface area contributed by atoms with Crippen LogP contribution in [0.15, 0.2) is 134 Å². The van der Waals surface area contributed by atoms with Crippen LogP contribution in [0.1, 0.15) is 55.6 Å². The number of carbonyl (C=O) groups excluding carboxylic acids is 1. The number of para-hydroxylation sites is 1. The second-order valence-electron chi connectivity index (χ2n) is 20.9. The van der Waals surface area contributed by atoms with Crippen molar-refractivity contribution in [3.05, 3.63) is 178 Å². The Morgan fingerprint density at radius 2 is 1.58 bits per heavy atom. The lowest BCUT2D eigenvalue weighted by Gasteiger charge is -2.36. The predicted octanol–water partition coefficient (Wildman–Crippen LogP) is 13.6. The molecule has 436 valence electrons. The van der Waals surface area contributed by atoms with Crippen LogP contribution in [0.25, 0.3) is 39.4 Å². The Kier molecular flexibility index (Phi) is 20.0. The molecule has 0 radical (unpaired) electrons. The number of benzene rings is 5. The number of hydrogen-bond acceptors (Lipinski definition) is 15. The molecule has 0 saturated carbocycles. The number of methoxy groups -OCH3 is 1. The Labute approximate surface area is 494 Å². The standard InChI is InChI=1S/C62H66Cl2FN5O11SSi/c1-11-30-75-35-47(36-78-82(72,73)37-41-18-14-13-15-19-41)79-58-54(63)39(3)56(40(4)55(58)64)70-50(42-22-24-44(65)25-23-42)33-49-57(70)60(68-38-67-49)80-53(61(71)76-12-2)32-43-31-46(81-83(9,10)62(5,6)7)26-27-51(43)77-34-45-28-29-66-59(69-45)48-20-16-17-21-52(48)74-8/h11,13-29,31,33,38,47,53H,1,12,30,32,34-37H2,2-10H3/t47-,53-/m1/s1. The van der Waals surface area contributed by atoms with E-state index in [-0.39, 0.29) is 65.3 Å². The Morgan fingerprint density at radius 1 is 0.867 bits per heavy atom. The van der Waals surface area contributed by atoms with Crippen LogP contribution < -0.4 is 23.4 Å². The van der Waals surface area contributed by atoms with Gasteiger partial charge in [-0.1, -0.05) is 92.5 Å². The van der Waals surface area contributed by atoms with Crippen molar-refractivity contribution in [2.75, 3.05) is 33.5 Å². The van der Waals surface area contributed by atoms with Crippen LogP contribution in [0.3, 0.4) is 0 Å². The predicted molar refractivity (Wildman–Crippen MR) is 322 cm³/mol. The van der Waals surface area contributed by atoms with E-state index >= 15 is 0 Å². The third-order valence-electron chi connectivity index (χ3n) is 14.0. The number of esters is 1. The van der Waals surface area contributed by atoms with Crippen LogP contribution in [0.2, 0.25) is 28.2 Å². The molecule has 3 aromatic heterocycles. The summed E-state index contributed by atoms with van der Waals surface area (Å²) < 4.78 is 92.1. The summed E-state index contributed by atoms with van der Waals surface area (Å²) in [7, 11) is -4.88. The second-order valence-corrected chi connectivity index (χ2v) is 28.1. The minimum Gasteiger partial charge on any atom is -0.543 e. The molecule has 16 nitrogen and oxygen atoms in total. The van der Waals surface area contributed by atoms with Crippen LogP contribution in [0, 0.1) is 19.7 Å². The lowest BCUT2D eigenvalue weighted by Crippen LogP contribution is -2.43. The van der Waals surface area contributed by atoms with Crippen molar-refractivity contribution in [3.8, 4) is 57.2 Å². The molecule has 5 aromatic carbocycles. The monoisotopic (exact) mass is 1210 g/mol. The van der Waals surface area contributed by atoms with Gasteiger partial charge in [-0.05, 0) is 128 Å². The first-order chi connectivity index (χ1) is 39.6. The summed E-state index contributed by atoms with van der Waals surface area (Å²) in [5.41, 5.74) is 5.47. The van der Waals surface area contributed by atoms with Crippen molar-refractivity contribution in [1.82, 2.24) is 24.5 Å². The highest BCUT2D eigenvalue weighted by atomic mass is 35.5. The zero-order valence-electron chi connectivity index (χ0n) is 47.7. The molecule has 0 fully saturated rings. The Balaban J connectivity index is 1.20. The number of nitrogens with zero attached hydrogens (tertiary/aromatic N) is 5. The first-order valence-corrected chi connectivity index (χ1v) is 32.0. The number of rotatable bonds is 26. The Hall–Kier alpha value is -7.39. The zero-order valence-corrected chi connectivity index (χ0v) is 51.0. The zero-order chi connectivity index (χ0) is 59.6. The van der Waals surface area contributed by atoms with Gasteiger partial charge in [0.05, 0.1) is 65.1 Å². The van der Waals surface area contributed by atoms with Gasteiger partial charge in [0.1, 0.15) is 60.0 Å². The van der Waals surface area contributed by atoms with E-state index in [0.29, 0.717) is 84.6 Å². The van der Waals surface area contributed by atoms with E-state index in [1.807, 2.05) is 36.4 Å². The third-order valence-corrected chi connectivity index (χ3v) is 20.4. The van der Waals surface area contributed by atoms with E-state index in [1.165, 1.54) is 18.5 Å². The fraction of sp³-hybridized carbons (Fsp3) is 0.306. The van der Waals surface area contributed by atoms with Crippen LogP contribution in [0.5, 0.6) is 28.9 Å². The largest absolute Gasteiger partial charge is 0.543 e. The third kappa shape index (κ3) is 14.9. The molecule has 83 heavy (non-hydrogen) atoms. The van der Waals surface area contributed by atoms with Gasteiger partial charge in [-0.2, -0.15) is 13.4 Å². The van der Waals surface area contributed by atoms with Gasteiger partial charge in [-0.25, -0.2) is 24.1 Å². The normalized spacial score (nSPS) is 12.6. The summed E-state index contributed by atoms with van der Waals surface area (Å²) in [4.78, 5) is 33.1. The second kappa shape index (κ2) is 26.9. The molecule has 8 rings (SSSR count). The van der Waals surface area contributed by atoms with Crippen molar-refractivity contribution >= 4 is 58.6 Å². The van der Waals surface area contributed by atoms with E-state index in [0.717, 1.165) is 0 Å². The highest BCUT2D eigenvalue weighted by Gasteiger charge is 2.39.